The number of aromatic nitrogens is 2. The van der Waals surface area contributed by atoms with Crippen LogP contribution in [0.4, 0.5) is 0 Å². The second kappa shape index (κ2) is 5.97. The van der Waals surface area contributed by atoms with E-state index in [1.54, 1.807) is 0 Å². The van der Waals surface area contributed by atoms with Crippen LogP contribution in [-0.4, -0.2) is 26.9 Å². The largest absolute Gasteiger partial charge is 0.358 e. The average molecular weight is 407 g/mol. The molecule has 124 valence electrons. The van der Waals surface area contributed by atoms with Gasteiger partial charge in [0.25, 0.3) is 5.91 Å². The molecule has 24 heavy (non-hydrogen) atoms. The van der Waals surface area contributed by atoms with Gasteiger partial charge >= 0.3 is 0 Å². The zero-order valence-electron chi connectivity index (χ0n) is 13.3. The zero-order valence-corrected chi connectivity index (χ0v) is 15.6. The number of halogens is 2. The van der Waals surface area contributed by atoms with E-state index < -0.39 is 0 Å². The van der Waals surface area contributed by atoms with Gasteiger partial charge in [-0.05, 0) is 47.1 Å². The molecule has 0 unspecified atom stereocenters. The van der Waals surface area contributed by atoms with Gasteiger partial charge in [0.2, 0.25) is 0 Å². The lowest BCUT2D eigenvalue weighted by molar-refractivity contribution is 0.0724. The lowest BCUT2D eigenvalue weighted by Gasteiger charge is -2.27. The summed E-state index contributed by atoms with van der Waals surface area (Å²) in [6.45, 7) is 4.15. The number of fused-ring (bicyclic) bond motifs is 3. The first-order valence-electron chi connectivity index (χ1n) is 8.00. The number of aryl methyl sites for hydroxylation is 1. The molecular weight excluding hydrogens is 390 g/mol. The minimum atomic E-state index is 0.0737. The molecule has 0 saturated heterocycles. The summed E-state index contributed by atoms with van der Waals surface area (Å²) in [5.74, 6) is 0.0737. The Hall–Kier alpha value is -1.72. The summed E-state index contributed by atoms with van der Waals surface area (Å²) in [4.78, 5) is 18.4. The highest BCUT2D eigenvalue weighted by Gasteiger charge is 2.26. The van der Waals surface area contributed by atoms with Crippen molar-refractivity contribution in [2.24, 2.45) is 0 Å². The van der Waals surface area contributed by atoms with Gasteiger partial charge in [-0.2, -0.15) is 0 Å². The Kier molecular flexibility index (Phi) is 3.93. The molecule has 4 rings (SSSR count). The van der Waals surface area contributed by atoms with Crippen molar-refractivity contribution < 1.29 is 4.79 Å². The third kappa shape index (κ3) is 2.56. The summed E-state index contributed by atoms with van der Waals surface area (Å²) in [5.41, 5.74) is 4.20. The highest BCUT2D eigenvalue weighted by atomic mass is 79.9. The number of benzene rings is 1. The standard InChI is InChI=1S/C18H17BrClN3O/c1-2-22-9-11(19)7-17(22)18(24)23-6-5-16-14(10-23)13-8-12(20)3-4-15(13)21-16/h3-4,7-9,21H,2,5-6,10H2,1H3. The highest BCUT2D eigenvalue weighted by Crippen LogP contribution is 2.30. The third-order valence-corrected chi connectivity index (χ3v) is 5.32. The van der Waals surface area contributed by atoms with Crippen LogP contribution in [0.15, 0.2) is 34.9 Å². The van der Waals surface area contributed by atoms with Crippen molar-refractivity contribution in [2.75, 3.05) is 6.54 Å². The van der Waals surface area contributed by atoms with Gasteiger partial charge in [0, 0.05) is 63.9 Å². The first kappa shape index (κ1) is 15.8. The van der Waals surface area contributed by atoms with E-state index in [1.807, 2.05) is 46.9 Å². The van der Waals surface area contributed by atoms with Crippen LogP contribution in [0.25, 0.3) is 10.9 Å². The second-order valence-electron chi connectivity index (χ2n) is 6.08. The molecule has 1 N–H and O–H groups in total. The molecule has 0 saturated carbocycles. The molecule has 1 aliphatic heterocycles. The van der Waals surface area contributed by atoms with Gasteiger partial charge < -0.3 is 14.5 Å². The third-order valence-electron chi connectivity index (χ3n) is 4.65. The number of carbonyl (C=O) groups is 1. The molecule has 1 aliphatic rings. The normalized spacial score (nSPS) is 14.2. The maximum Gasteiger partial charge on any atom is 0.270 e. The molecule has 0 atom stereocenters. The number of nitrogens with zero attached hydrogens (tertiary/aromatic N) is 2. The van der Waals surface area contributed by atoms with Crippen LogP contribution in [0.2, 0.25) is 5.02 Å². The van der Waals surface area contributed by atoms with Gasteiger partial charge in [-0.1, -0.05) is 11.6 Å². The van der Waals surface area contributed by atoms with Gasteiger partial charge in [0.15, 0.2) is 0 Å². The fraction of sp³-hybridized carbons (Fsp3) is 0.278. The minimum Gasteiger partial charge on any atom is -0.358 e. The number of rotatable bonds is 2. The van der Waals surface area contributed by atoms with Gasteiger partial charge in [-0.25, -0.2) is 0 Å². The van der Waals surface area contributed by atoms with Crippen LogP contribution in [-0.2, 0) is 19.5 Å². The molecule has 1 amide bonds. The van der Waals surface area contributed by atoms with Crippen LogP contribution < -0.4 is 0 Å². The minimum absolute atomic E-state index is 0.0737. The van der Waals surface area contributed by atoms with E-state index in [9.17, 15) is 4.79 Å². The number of hydrogen-bond acceptors (Lipinski definition) is 1. The molecule has 0 aliphatic carbocycles. The maximum absolute atomic E-state index is 13.0. The van der Waals surface area contributed by atoms with Crippen molar-refractivity contribution in [1.29, 1.82) is 0 Å². The monoisotopic (exact) mass is 405 g/mol. The quantitative estimate of drug-likeness (QED) is 0.664. The predicted molar refractivity (Wildman–Crippen MR) is 99.6 cm³/mol. The summed E-state index contributed by atoms with van der Waals surface area (Å²) in [6.07, 6.45) is 2.79. The van der Waals surface area contributed by atoms with Gasteiger partial charge in [-0.15, -0.1) is 0 Å². The van der Waals surface area contributed by atoms with E-state index in [-0.39, 0.29) is 5.91 Å². The number of nitrogens with one attached hydrogen (secondary N) is 1. The molecule has 4 nitrogen and oxygen atoms in total. The van der Waals surface area contributed by atoms with Gasteiger partial charge in [-0.3, -0.25) is 4.79 Å². The molecule has 0 bridgehead atoms. The van der Waals surface area contributed by atoms with Crippen molar-refractivity contribution >= 4 is 44.3 Å². The molecule has 1 aromatic carbocycles. The molecule has 3 heterocycles. The topological polar surface area (TPSA) is 41.0 Å². The number of hydrogen-bond donors (Lipinski definition) is 1. The lowest BCUT2D eigenvalue weighted by Crippen LogP contribution is -2.36. The van der Waals surface area contributed by atoms with E-state index in [0.717, 1.165) is 45.6 Å². The Morgan fingerprint density at radius 3 is 3.00 bits per heavy atom. The molecule has 2 aromatic heterocycles. The van der Waals surface area contributed by atoms with E-state index in [0.29, 0.717) is 6.54 Å². The summed E-state index contributed by atoms with van der Waals surface area (Å²) in [7, 11) is 0. The van der Waals surface area contributed by atoms with Crippen LogP contribution in [0.1, 0.15) is 28.7 Å². The first-order chi connectivity index (χ1) is 11.6. The Bertz CT molecular complexity index is 943. The summed E-state index contributed by atoms with van der Waals surface area (Å²) >= 11 is 9.62. The maximum atomic E-state index is 13.0. The average Bonchev–Trinajstić information content (AvgIpc) is 3.13. The SMILES string of the molecule is CCn1cc(Br)cc1C(=O)N1CCc2[nH]c3ccc(Cl)cc3c2C1. The smallest absolute Gasteiger partial charge is 0.270 e. The number of amides is 1. The molecule has 3 aromatic rings. The van der Waals surface area contributed by atoms with E-state index in [1.165, 1.54) is 11.3 Å². The first-order valence-corrected chi connectivity index (χ1v) is 9.18. The number of aromatic amines is 1. The van der Waals surface area contributed by atoms with E-state index in [4.69, 9.17) is 11.6 Å². The van der Waals surface area contributed by atoms with Crippen LogP contribution in [0.3, 0.4) is 0 Å². The highest BCUT2D eigenvalue weighted by molar-refractivity contribution is 9.10. The summed E-state index contributed by atoms with van der Waals surface area (Å²) in [5, 5.41) is 1.83. The van der Waals surface area contributed by atoms with Crippen molar-refractivity contribution in [3.63, 3.8) is 0 Å². The van der Waals surface area contributed by atoms with Crippen LogP contribution >= 0.6 is 27.5 Å². The van der Waals surface area contributed by atoms with Crippen LogP contribution in [0.5, 0.6) is 0 Å². The fourth-order valence-electron chi connectivity index (χ4n) is 3.44. The lowest BCUT2D eigenvalue weighted by atomic mass is 10.0. The molecule has 0 fully saturated rings. The second-order valence-corrected chi connectivity index (χ2v) is 7.43. The molecule has 0 spiro atoms. The molecular formula is C18H17BrClN3O. The zero-order chi connectivity index (χ0) is 16.8. The van der Waals surface area contributed by atoms with Gasteiger partial charge in [0.1, 0.15) is 5.69 Å². The van der Waals surface area contributed by atoms with Crippen molar-refractivity contribution in [3.05, 3.63) is 56.9 Å². The van der Waals surface area contributed by atoms with Gasteiger partial charge in [0.05, 0.1) is 0 Å². The van der Waals surface area contributed by atoms with Crippen molar-refractivity contribution in [1.82, 2.24) is 14.5 Å². The summed E-state index contributed by atoms with van der Waals surface area (Å²) in [6, 6.07) is 7.76. The summed E-state index contributed by atoms with van der Waals surface area (Å²) < 4.78 is 2.91. The van der Waals surface area contributed by atoms with Crippen molar-refractivity contribution in [2.45, 2.75) is 26.4 Å². The van der Waals surface area contributed by atoms with Crippen LogP contribution in [0, 0.1) is 0 Å². The van der Waals surface area contributed by atoms with E-state index >= 15 is 0 Å². The van der Waals surface area contributed by atoms with Crippen molar-refractivity contribution in [3.8, 4) is 0 Å². The van der Waals surface area contributed by atoms with E-state index in [2.05, 4.69) is 20.9 Å². The Balaban J connectivity index is 1.69. The molecule has 0 radical (unpaired) electrons. The number of carbonyl (C=O) groups excluding carboxylic acids is 1. The Morgan fingerprint density at radius 2 is 2.21 bits per heavy atom. The Labute approximate surface area is 153 Å². The Morgan fingerprint density at radius 1 is 1.38 bits per heavy atom. The predicted octanol–water partition coefficient (Wildman–Crippen LogP) is 4.60. The number of H-pyrrole nitrogens is 1. The molecule has 6 heteroatoms. The fourth-order valence-corrected chi connectivity index (χ4v) is 4.07.